The highest BCUT2D eigenvalue weighted by Gasteiger charge is 2.24. The Morgan fingerprint density at radius 2 is 1.94 bits per heavy atom. The number of piperidine rings is 2. The van der Waals surface area contributed by atoms with Crippen LogP contribution < -0.4 is 16.4 Å². The van der Waals surface area contributed by atoms with Gasteiger partial charge in [0.15, 0.2) is 5.96 Å². The molecule has 2 heterocycles. The normalized spacial score (nSPS) is 21.4. The summed E-state index contributed by atoms with van der Waals surface area (Å²) in [6, 6.07) is 9.17. The van der Waals surface area contributed by atoms with Gasteiger partial charge in [-0.15, -0.1) is 0 Å². The summed E-state index contributed by atoms with van der Waals surface area (Å²) in [6.45, 7) is 9.23. The molecule has 2 aliphatic rings. The summed E-state index contributed by atoms with van der Waals surface area (Å²) in [4.78, 5) is 20.9. The Hall–Kier alpha value is -2.12. The van der Waals surface area contributed by atoms with Gasteiger partial charge in [0.05, 0.1) is 5.92 Å². The Morgan fingerprint density at radius 3 is 2.66 bits per heavy atom. The zero-order valence-electron chi connectivity index (χ0n) is 20.0. The number of aliphatic imine (C=N–C) groups is 1. The molecule has 2 saturated heterocycles. The van der Waals surface area contributed by atoms with Crippen molar-refractivity contribution >= 4 is 11.9 Å². The first-order chi connectivity index (χ1) is 15.6. The smallest absolute Gasteiger partial charge is 0.221 e. The first-order valence-corrected chi connectivity index (χ1v) is 12.4. The van der Waals surface area contributed by atoms with Gasteiger partial charge in [-0.05, 0) is 56.3 Å². The molecule has 1 atom stereocenters. The number of unbranched alkanes of at least 4 members (excludes halogenated alkanes) is 1. The van der Waals surface area contributed by atoms with Crippen LogP contribution in [0.5, 0.6) is 0 Å². The summed E-state index contributed by atoms with van der Waals surface area (Å²) in [7, 11) is 1.84. The number of likely N-dealkylation sites (tertiary alicyclic amines) is 2. The van der Waals surface area contributed by atoms with Gasteiger partial charge in [-0.2, -0.15) is 0 Å². The van der Waals surface area contributed by atoms with Crippen molar-refractivity contribution in [1.82, 2.24) is 20.4 Å². The Balaban J connectivity index is 1.44. The van der Waals surface area contributed by atoms with E-state index in [2.05, 4.69) is 56.6 Å². The van der Waals surface area contributed by atoms with Crippen molar-refractivity contribution in [3.63, 3.8) is 0 Å². The molecule has 3 rings (SSSR count). The van der Waals surface area contributed by atoms with Gasteiger partial charge in [-0.3, -0.25) is 14.7 Å². The van der Waals surface area contributed by atoms with Crippen molar-refractivity contribution in [2.45, 2.75) is 64.6 Å². The molecular weight excluding hydrogens is 400 g/mol. The van der Waals surface area contributed by atoms with E-state index in [1.807, 2.05) is 7.05 Å². The Labute approximate surface area is 193 Å². The van der Waals surface area contributed by atoms with Crippen LogP contribution >= 0.6 is 0 Å². The highest BCUT2D eigenvalue weighted by molar-refractivity contribution is 5.80. The average molecular weight is 443 g/mol. The highest BCUT2D eigenvalue weighted by atomic mass is 16.1. The van der Waals surface area contributed by atoms with Gasteiger partial charge in [0, 0.05) is 45.8 Å². The van der Waals surface area contributed by atoms with Crippen molar-refractivity contribution < 1.29 is 4.79 Å². The Morgan fingerprint density at radius 1 is 1.16 bits per heavy atom. The topological polar surface area (TPSA) is 86.0 Å². The monoisotopic (exact) mass is 442 g/mol. The van der Waals surface area contributed by atoms with E-state index in [1.54, 1.807) is 0 Å². The second-order valence-corrected chi connectivity index (χ2v) is 9.34. The maximum absolute atomic E-state index is 11.6. The zero-order chi connectivity index (χ0) is 22.8. The number of benzene rings is 1. The van der Waals surface area contributed by atoms with Crippen LogP contribution in [0.1, 0.15) is 56.6 Å². The van der Waals surface area contributed by atoms with Crippen molar-refractivity contribution in [1.29, 1.82) is 0 Å². The average Bonchev–Trinajstić information content (AvgIpc) is 2.81. The number of amides is 1. The summed E-state index contributed by atoms with van der Waals surface area (Å²) < 4.78 is 0. The van der Waals surface area contributed by atoms with E-state index in [-0.39, 0.29) is 11.8 Å². The predicted molar refractivity (Wildman–Crippen MR) is 131 cm³/mol. The fraction of sp³-hybridized carbons (Fsp3) is 0.680. The van der Waals surface area contributed by atoms with Crippen molar-refractivity contribution in [3.05, 3.63) is 35.4 Å². The number of hydrogen-bond acceptors (Lipinski definition) is 4. The summed E-state index contributed by atoms with van der Waals surface area (Å²) >= 11 is 0. The molecule has 1 unspecified atom stereocenters. The van der Waals surface area contributed by atoms with E-state index in [0.29, 0.717) is 6.04 Å². The van der Waals surface area contributed by atoms with Crippen LogP contribution in [0.4, 0.5) is 0 Å². The second kappa shape index (κ2) is 12.8. The standard InChI is InChI=1S/C25H42N6O/c1-3-4-12-30-14-10-23(11-15-30)29-25(27-2)28-17-20-7-5-8-21(16-20)18-31-13-6-9-22(19-31)24(26)32/h5,7-8,16,22-23H,3-4,6,9-15,17-19H2,1-2H3,(H2,26,32)(H2,27,28,29). The first kappa shape index (κ1) is 24.5. The van der Waals surface area contributed by atoms with Gasteiger partial charge >= 0.3 is 0 Å². The fourth-order valence-electron chi connectivity index (χ4n) is 4.78. The summed E-state index contributed by atoms with van der Waals surface area (Å²) in [5.41, 5.74) is 8.04. The number of nitrogens with one attached hydrogen (secondary N) is 2. The molecule has 1 amide bonds. The molecule has 0 bridgehead atoms. The molecule has 2 aliphatic heterocycles. The first-order valence-electron chi connectivity index (χ1n) is 12.4. The number of carbonyl (C=O) groups is 1. The fourth-order valence-corrected chi connectivity index (χ4v) is 4.78. The van der Waals surface area contributed by atoms with Gasteiger partial charge in [0.25, 0.3) is 0 Å². The van der Waals surface area contributed by atoms with Gasteiger partial charge in [-0.1, -0.05) is 37.6 Å². The summed E-state index contributed by atoms with van der Waals surface area (Å²) in [6.07, 6.45) is 6.85. The molecule has 1 aromatic carbocycles. The van der Waals surface area contributed by atoms with E-state index < -0.39 is 0 Å². The minimum atomic E-state index is -0.168. The SMILES string of the molecule is CCCCN1CCC(NC(=NC)NCc2cccc(CN3CCCC(C(N)=O)C3)c2)CC1. The molecule has 7 heteroatoms. The van der Waals surface area contributed by atoms with Gasteiger partial charge in [0.1, 0.15) is 0 Å². The van der Waals surface area contributed by atoms with Crippen LogP contribution in [-0.4, -0.2) is 67.5 Å². The maximum atomic E-state index is 11.6. The van der Waals surface area contributed by atoms with E-state index in [1.165, 1.54) is 56.4 Å². The third-order valence-electron chi connectivity index (χ3n) is 6.75. The lowest BCUT2D eigenvalue weighted by Crippen LogP contribution is -2.48. The van der Waals surface area contributed by atoms with E-state index >= 15 is 0 Å². The molecule has 0 radical (unpaired) electrons. The largest absolute Gasteiger partial charge is 0.369 e. The molecule has 7 nitrogen and oxygen atoms in total. The second-order valence-electron chi connectivity index (χ2n) is 9.34. The van der Waals surface area contributed by atoms with E-state index in [9.17, 15) is 4.79 Å². The molecule has 0 aliphatic carbocycles. The van der Waals surface area contributed by atoms with Crippen LogP contribution in [0, 0.1) is 5.92 Å². The molecule has 4 N–H and O–H groups in total. The molecule has 0 saturated carbocycles. The van der Waals surface area contributed by atoms with Crippen LogP contribution in [0.2, 0.25) is 0 Å². The highest BCUT2D eigenvalue weighted by Crippen LogP contribution is 2.19. The number of nitrogens with zero attached hydrogens (tertiary/aromatic N) is 3. The predicted octanol–water partition coefficient (Wildman–Crippen LogP) is 2.31. The lowest BCUT2D eigenvalue weighted by atomic mass is 9.97. The molecule has 2 fully saturated rings. The molecule has 0 spiro atoms. The van der Waals surface area contributed by atoms with Crippen LogP contribution in [-0.2, 0) is 17.9 Å². The molecular formula is C25H42N6O. The van der Waals surface area contributed by atoms with Crippen molar-refractivity contribution in [2.24, 2.45) is 16.6 Å². The minimum Gasteiger partial charge on any atom is -0.369 e. The molecule has 32 heavy (non-hydrogen) atoms. The number of guanidine groups is 1. The number of carbonyl (C=O) groups excluding carboxylic acids is 1. The summed E-state index contributed by atoms with van der Waals surface area (Å²) in [5, 5.41) is 7.09. The minimum absolute atomic E-state index is 0.0125. The summed E-state index contributed by atoms with van der Waals surface area (Å²) in [5.74, 6) is 0.697. The van der Waals surface area contributed by atoms with E-state index in [0.717, 1.165) is 45.0 Å². The Bertz CT molecular complexity index is 744. The maximum Gasteiger partial charge on any atom is 0.221 e. The number of rotatable bonds is 9. The van der Waals surface area contributed by atoms with Gasteiger partial charge in [-0.25, -0.2) is 0 Å². The number of hydrogen-bond donors (Lipinski definition) is 3. The van der Waals surface area contributed by atoms with Crippen molar-refractivity contribution in [3.8, 4) is 0 Å². The van der Waals surface area contributed by atoms with Gasteiger partial charge in [0.2, 0.25) is 5.91 Å². The molecule has 1 aromatic rings. The van der Waals surface area contributed by atoms with E-state index in [4.69, 9.17) is 5.73 Å². The zero-order valence-corrected chi connectivity index (χ0v) is 20.0. The van der Waals surface area contributed by atoms with Crippen LogP contribution in [0.25, 0.3) is 0 Å². The lowest BCUT2D eigenvalue weighted by molar-refractivity contribution is -0.123. The Kier molecular flexibility index (Phi) is 9.81. The van der Waals surface area contributed by atoms with Crippen molar-refractivity contribution in [2.75, 3.05) is 39.8 Å². The lowest BCUT2D eigenvalue weighted by Gasteiger charge is -2.33. The number of primary amides is 1. The van der Waals surface area contributed by atoms with Crippen LogP contribution in [0.15, 0.2) is 29.3 Å². The molecule has 178 valence electrons. The quantitative estimate of drug-likeness (QED) is 0.404. The number of nitrogens with two attached hydrogens (primary N) is 1. The van der Waals surface area contributed by atoms with Gasteiger partial charge < -0.3 is 21.3 Å². The molecule has 0 aromatic heterocycles. The van der Waals surface area contributed by atoms with Crippen LogP contribution in [0.3, 0.4) is 0 Å². The third kappa shape index (κ3) is 7.78. The third-order valence-corrected chi connectivity index (χ3v) is 6.75.